The van der Waals surface area contributed by atoms with Crippen molar-refractivity contribution in [2.75, 3.05) is 36.2 Å². The molecule has 2 aromatic heterocycles. The number of ether oxygens (including phenoxy) is 2. The SMILES string of the molecule is CNC(=O)c1c(-c2ccc(Oc3ccc(F)cc3)cc2)oc2c(F)c3c(nc12)[C@H](C)O[C@H](CS(C)(=O)=O)CN3S(C)(=O)=O. The number of anilines is 1. The van der Waals surface area contributed by atoms with Crippen molar-refractivity contribution in [2.45, 2.75) is 19.1 Å². The number of nitrogens with zero attached hydrogens (tertiary/aromatic N) is 2. The molecule has 1 aliphatic rings. The quantitative estimate of drug-likeness (QED) is 0.316. The zero-order valence-electron chi connectivity index (χ0n) is 23.4. The predicted octanol–water partition coefficient (Wildman–Crippen LogP) is 4.20. The Hall–Kier alpha value is -4.08. The fourth-order valence-electron chi connectivity index (χ4n) is 4.85. The number of pyridine rings is 1. The molecule has 43 heavy (non-hydrogen) atoms. The van der Waals surface area contributed by atoms with Crippen LogP contribution in [-0.4, -0.2) is 65.7 Å². The van der Waals surface area contributed by atoms with Crippen LogP contribution in [0.2, 0.25) is 0 Å². The smallest absolute Gasteiger partial charge is 0.257 e. The number of carbonyl (C=O) groups is 1. The maximum absolute atomic E-state index is 16.4. The number of halogens is 2. The van der Waals surface area contributed by atoms with Crippen molar-refractivity contribution in [1.82, 2.24) is 10.3 Å². The van der Waals surface area contributed by atoms with Crippen LogP contribution in [0.3, 0.4) is 0 Å². The molecule has 228 valence electrons. The van der Waals surface area contributed by atoms with Crippen molar-refractivity contribution in [3.8, 4) is 22.8 Å². The first kappa shape index (κ1) is 30.4. The molecule has 1 aliphatic heterocycles. The number of aromatic nitrogens is 1. The van der Waals surface area contributed by atoms with E-state index in [2.05, 4.69) is 10.3 Å². The topological polar surface area (TPSA) is 145 Å². The van der Waals surface area contributed by atoms with E-state index < -0.39 is 73.2 Å². The maximum atomic E-state index is 16.4. The van der Waals surface area contributed by atoms with Crippen LogP contribution in [0.25, 0.3) is 22.4 Å². The normalized spacial score (nSPS) is 17.4. The Bertz CT molecular complexity index is 1930. The van der Waals surface area contributed by atoms with Crippen LogP contribution in [0.15, 0.2) is 52.9 Å². The summed E-state index contributed by atoms with van der Waals surface area (Å²) >= 11 is 0. The summed E-state index contributed by atoms with van der Waals surface area (Å²) in [5.41, 5.74) is -1.00. The Labute approximate surface area is 246 Å². The molecule has 4 aromatic rings. The van der Waals surface area contributed by atoms with Crippen molar-refractivity contribution in [1.29, 1.82) is 0 Å². The van der Waals surface area contributed by atoms with Gasteiger partial charge in [-0.05, 0) is 55.5 Å². The molecule has 0 unspecified atom stereocenters. The summed E-state index contributed by atoms with van der Waals surface area (Å²) in [5.74, 6) is -1.93. The molecule has 0 saturated heterocycles. The van der Waals surface area contributed by atoms with Crippen LogP contribution in [-0.2, 0) is 24.6 Å². The molecule has 1 N–H and O–H groups in total. The third kappa shape index (κ3) is 6.19. The highest BCUT2D eigenvalue weighted by molar-refractivity contribution is 7.92. The van der Waals surface area contributed by atoms with Gasteiger partial charge in [-0.1, -0.05) is 0 Å². The largest absolute Gasteiger partial charge is 0.457 e. The Morgan fingerprint density at radius 2 is 1.65 bits per heavy atom. The van der Waals surface area contributed by atoms with Gasteiger partial charge < -0.3 is 19.2 Å². The second kappa shape index (κ2) is 11.2. The van der Waals surface area contributed by atoms with Crippen molar-refractivity contribution in [3.63, 3.8) is 0 Å². The minimum absolute atomic E-state index is 0.0383. The van der Waals surface area contributed by atoms with Gasteiger partial charge in [0.2, 0.25) is 10.0 Å². The summed E-state index contributed by atoms with van der Waals surface area (Å²) in [4.78, 5) is 17.6. The predicted molar refractivity (Wildman–Crippen MR) is 154 cm³/mol. The van der Waals surface area contributed by atoms with E-state index in [4.69, 9.17) is 13.9 Å². The lowest BCUT2D eigenvalue weighted by atomic mass is 10.1. The molecule has 0 aliphatic carbocycles. The van der Waals surface area contributed by atoms with Gasteiger partial charge in [0.15, 0.2) is 11.4 Å². The van der Waals surface area contributed by atoms with E-state index in [0.717, 1.165) is 12.5 Å². The second-order valence-corrected chi connectivity index (χ2v) is 14.2. The molecule has 2 atom stereocenters. The summed E-state index contributed by atoms with van der Waals surface area (Å²) < 4.78 is 97.4. The first-order valence-electron chi connectivity index (χ1n) is 12.9. The van der Waals surface area contributed by atoms with Crippen molar-refractivity contribution in [2.24, 2.45) is 0 Å². The Morgan fingerprint density at radius 1 is 1.05 bits per heavy atom. The van der Waals surface area contributed by atoms with E-state index in [-0.39, 0.29) is 22.5 Å². The van der Waals surface area contributed by atoms with Crippen molar-refractivity contribution in [3.05, 3.63) is 71.4 Å². The van der Waals surface area contributed by atoms with Crippen molar-refractivity contribution >= 4 is 42.6 Å². The number of amides is 1. The zero-order valence-corrected chi connectivity index (χ0v) is 25.1. The lowest BCUT2D eigenvalue weighted by Crippen LogP contribution is -2.40. The molecular weight excluding hydrogens is 608 g/mol. The van der Waals surface area contributed by atoms with Crippen LogP contribution in [0.1, 0.15) is 29.1 Å². The van der Waals surface area contributed by atoms with Gasteiger partial charge in [0.25, 0.3) is 5.91 Å². The summed E-state index contributed by atoms with van der Waals surface area (Å²) in [6, 6.07) is 11.7. The second-order valence-electron chi connectivity index (χ2n) is 10.1. The molecular formula is C28H27F2N3O8S2. The minimum Gasteiger partial charge on any atom is -0.457 e. The number of fused-ring (bicyclic) bond motifs is 2. The Morgan fingerprint density at radius 3 is 2.21 bits per heavy atom. The average Bonchev–Trinajstić information content (AvgIpc) is 3.25. The number of sulfone groups is 1. The number of hydrogen-bond donors (Lipinski definition) is 1. The summed E-state index contributed by atoms with van der Waals surface area (Å²) in [6.45, 7) is 0.997. The molecule has 5 rings (SSSR count). The number of sulfonamides is 1. The van der Waals surface area contributed by atoms with E-state index >= 15 is 4.39 Å². The fraction of sp³-hybridized carbons (Fsp3) is 0.286. The highest BCUT2D eigenvalue weighted by atomic mass is 32.2. The molecule has 11 nitrogen and oxygen atoms in total. The first-order valence-corrected chi connectivity index (χ1v) is 16.8. The third-order valence-electron chi connectivity index (χ3n) is 6.67. The van der Waals surface area contributed by atoms with Crippen molar-refractivity contribution < 1.29 is 44.3 Å². The van der Waals surface area contributed by atoms with E-state index in [1.165, 1.54) is 38.2 Å². The van der Waals surface area contributed by atoms with Gasteiger partial charge in [-0.25, -0.2) is 30.6 Å². The molecule has 3 heterocycles. The summed E-state index contributed by atoms with van der Waals surface area (Å²) in [7, 11) is -6.37. The lowest BCUT2D eigenvalue weighted by Gasteiger charge is -2.24. The van der Waals surface area contributed by atoms with Gasteiger partial charge in [-0.2, -0.15) is 0 Å². The van der Waals surface area contributed by atoms with Crippen LogP contribution in [0, 0.1) is 11.6 Å². The van der Waals surface area contributed by atoms with Crippen LogP contribution >= 0.6 is 0 Å². The third-order valence-corrected chi connectivity index (χ3v) is 8.78. The Balaban J connectivity index is 1.65. The number of nitrogens with one attached hydrogen (secondary N) is 1. The van der Waals surface area contributed by atoms with E-state index in [1.54, 1.807) is 24.3 Å². The van der Waals surface area contributed by atoms with Gasteiger partial charge in [0.05, 0.1) is 36.5 Å². The minimum atomic E-state index is -4.15. The van der Waals surface area contributed by atoms with Crippen LogP contribution in [0.4, 0.5) is 14.5 Å². The molecule has 0 bridgehead atoms. The van der Waals surface area contributed by atoms with Crippen LogP contribution < -0.4 is 14.4 Å². The van der Waals surface area contributed by atoms with E-state index in [0.29, 0.717) is 21.4 Å². The number of carbonyl (C=O) groups excluding carboxylic acids is 1. The maximum Gasteiger partial charge on any atom is 0.257 e. The molecule has 0 fully saturated rings. The van der Waals surface area contributed by atoms with E-state index in [9.17, 15) is 26.0 Å². The molecule has 2 aromatic carbocycles. The number of hydrogen-bond acceptors (Lipinski definition) is 9. The standard InChI is InChI=1S/C28H27F2N3O8S2/c1-15-23-25(33(43(4,37)38)13-20(39-15)14-42(3,35)36)22(30)27-24(32-23)21(28(34)31-2)26(41-27)16-5-9-18(10-6-16)40-19-11-7-17(29)8-12-19/h5-12,15,20H,13-14H2,1-4H3,(H,31,34)/t15-,20-/m0/s1. The highest BCUT2D eigenvalue weighted by Gasteiger charge is 2.39. The van der Waals surface area contributed by atoms with Gasteiger partial charge in [0, 0.05) is 18.9 Å². The average molecular weight is 636 g/mol. The number of benzene rings is 2. The molecule has 0 saturated carbocycles. The van der Waals surface area contributed by atoms with Gasteiger partial charge >= 0.3 is 0 Å². The van der Waals surface area contributed by atoms with Gasteiger partial charge in [-0.15, -0.1) is 0 Å². The Kier molecular flexibility index (Phi) is 7.92. The monoisotopic (exact) mass is 635 g/mol. The highest BCUT2D eigenvalue weighted by Crippen LogP contribution is 2.42. The van der Waals surface area contributed by atoms with E-state index in [1.807, 2.05) is 0 Å². The summed E-state index contributed by atoms with van der Waals surface area (Å²) in [5, 5.41) is 2.49. The molecule has 0 radical (unpaired) electrons. The van der Waals surface area contributed by atoms with Gasteiger partial charge in [0.1, 0.15) is 49.7 Å². The first-order chi connectivity index (χ1) is 20.2. The van der Waals surface area contributed by atoms with Crippen LogP contribution in [0.5, 0.6) is 11.5 Å². The molecule has 15 heteroatoms. The van der Waals surface area contributed by atoms with Gasteiger partial charge in [-0.3, -0.25) is 9.10 Å². The summed E-state index contributed by atoms with van der Waals surface area (Å²) in [6.07, 6.45) is -0.336. The lowest BCUT2D eigenvalue weighted by molar-refractivity contribution is 0.0172. The fourth-order valence-corrected chi connectivity index (χ4v) is 6.65. The zero-order chi connectivity index (χ0) is 31.3. The number of rotatable bonds is 7. The molecule has 1 amide bonds. The number of furan rings is 1. The molecule has 0 spiro atoms.